The summed E-state index contributed by atoms with van der Waals surface area (Å²) in [5, 5.41) is 4.56. The van der Waals surface area contributed by atoms with Gasteiger partial charge in [0, 0.05) is 5.39 Å². The van der Waals surface area contributed by atoms with Crippen LogP contribution in [-0.2, 0) is 0 Å². The normalized spacial score (nSPS) is 15.0. The van der Waals surface area contributed by atoms with Gasteiger partial charge in [-0.25, -0.2) is 0 Å². The summed E-state index contributed by atoms with van der Waals surface area (Å²) in [6.07, 6.45) is 2.42. The summed E-state index contributed by atoms with van der Waals surface area (Å²) < 4.78 is 5.93. The Morgan fingerprint density at radius 1 is 1.29 bits per heavy atom. The highest BCUT2D eigenvalue weighted by molar-refractivity contribution is 5.77. The van der Waals surface area contributed by atoms with E-state index in [0.29, 0.717) is 12.0 Å². The number of furan rings is 1. The second kappa shape index (κ2) is 5.37. The van der Waals surface area contributed by atoms with E-state index < -0.39 is 0 Å². The van der Waals surface area contributed by atoms with E-state index in [1.165, 1.54) is 18.2 Å². The third-order valence-corrected chi connectivity index (χ3v) is 3.38. The maximum atomic E-state index is 5.93. The minimum absolute atomic E-state index is 0.308. The minimum atomic E-state index is 0.308. The average molecular weight is 231 g/mol. The molecule has 0 amide bonds. The Kier molecular flexibility index (Phi) is 3.85. The van der Waals surface area contributed by atoms with Gasteiger partial charge in [0.1, 0.15) is 11.3 Å². The van der Waals surface area contributed by atoms with Crippen LogP contribution in [0.25, 0.3) is 11.0 Å². The summed E-state index contributed by atoms with van der Waals surface area (Å²) in [5.41, 5.74) is 0.978. The van der Waals surface area contributed by atoms with Crippen LogP contribution < -0.4 is 5.32 Å². The summed E-state index contributed by atoms with van der Waals surface area (Å²) >= 11 is 0. The van der Waals surface area contributed by atoms with Crippen molar-refractivity contribution in [3.8, 4) is 0 Å². The van der Waals surface area contributed by atoms with Gasteiger partial charge in [0.2, 0.25) is 0 Å². The molecule has 0 radical (unpaired) electrons. The summed E-state index contributed by atoms with van der Waals surface area (Å²) in [5.74, 6) is 1.64. The Labute approximate surface area is 103 Å². The second-order valence-electron chi connectivity index (χ2n) is 4.72. The molecule has 2 heteroatoms. The molecule has 92 valence electrons. The van der Waals surface area contributed by atoms with E-state index in [9.17, 15) is 0 Å². The molecule has 0 aliphatic heterocycles. The maximum Gasteiger partial charge on any atom is 0.134 e. The van der Waals surface area contributed by atoms with Gasteiger partial charge in [-0.1, -0.05) is 38.5 Å². The third-order valence-electron chi connectivity index (χ3n) is 3.38. The number of hydrogen-bond donors (Lipinski definition) is 1. The van der Waals surface area contributed by atoms with Crippen molar-refractivity contribution in [3.05, 3.63) is 36.1 Å². The quantitative estimate of drug-likeness (QED) is 0.837. The number of fused-ring (bicyclic) bond motifs is 1. The van der Waals surface area contributed by atoms with Crippen molar-refractivity contribution in [3.63, 3.8) is 0 Å². The van der Waals surface area contributed by atoms with Gasteiger partial charge >= 0.3 is 0 Å². The highest BCUT2D eigenvalue weighted by Gasteiger charge is 2.20. The summed E-state index contributed by atoms with van der Waals surface area (Å²) in [6.45, 7) is 4.50. The second-order valence-corrected chi connectivity index (χ2v) is 4.72. The lowest BCUT2D eigenvalue weighted by molar-refractivity contribution is 0.333. The Bertz CT molecular complexity index is 441. The van der Waals surface area contributed by atoms with E-state index >= 15 is 0 Å². The van der Waals surface area contributed by atoms with E-state index in [2.05, 4.69) is 31.3 Å². The molecule has 0 fully saturated rings. The minimum Gasteiger partial charge on any atom is -0.459 e. The Morgan fingerprint density at radius 3 is 2.71 bits per heavy atom. The molecule has 1 aromatic carbocycles. The zero-order valence-electron chi connectivity index (χ0n) is 10.9. The van der Waals surface area contributed by atoms with Crippen molar-refractivity contribution in [2.75, 3.05) is 7.05 Å². The molecular formula is C15H21NO. The molecular weight excluding hydrogens is 210 g/mol. The van der Waals surface area contributed by atoms with Crippen LogP contribution in [0.15, 0.2) is 34.7 Å². The van der Waals surface area contributed by atoms with Crippen LogP contribution in [0.3, 0.4) is 0 Å². The zero-order valence-corrected chi connectivity index (χ0v) is 10.9. The third kappa shape index (κ3) is 2.52. The molecule has 2 nitrogen and oxygen atoms in total. The van der Waals surface area contributed by atoms with E-state index in [-0.39, 0.29) is 0 Å². The summed E-state index contributed by atoms with van der Waals surface area (Å²) in [6, 6.07) is 10.6. The lowest BCUT2D eigenvalue weighted by Crippen LogP contribution is -2.22. The van der Waals surface area contributed by atoms with Crippen LogP contribution in [0.2, 0.25) is 0 Å². The van der Waals surface area contributed by atoms with Crippen LogP contribution in [0, 0.1) is 5.92 Å². The molecule has 0 spiro atoms. The molecule has 1 N–H and O–H groups in total. The average Bonchev–Trinajstić information content (AvgIpc) is 2.73. The van der Waals surface area contributed by atoms with Gasteiger partial charge in [-0.3, -0.25) is 0 Å². The molecule has 0 saturated heterocycles. The van der Waals surface area contributed by atoms with E-state index in [4.69, 9.17) is 4.42 Å². The van der Waals surface area contributed by atoms with Crippen molar-refractivity contribution in [1.82, 2.24) is 5.32 Å². The summed E-state index contributed by atoms with van der Waals surface area (Å²) in [7, 11) is 2.00. The van der Waals surface area contributed by atoms with E-state index in [1.807, 2.05) is 25.2 Å². The molecule has 0 aliphatic carbocycles. The topological polar surface area (TPSA) is 25.2 Å². The van der Waals surface area contributed by atoms with Crippen molar-refractivity contribution in [2.24, 2.45) is 5.92 Å². The molecule has 2 unspecified atom stereocenters. The van der Waals surface area contributed by atoms with Crippen LogP contribution in [-0.4, -0.2) is 7.05 Å². The van der Waals surface area contributed by atoms with Gasteiger partial charge in [-0.15, -0.1) is 0 Å². The first-order chi connectivity index (χ1) is 8.26. The fourth-order valence-electron chi connectivity index (χ4n) is 2.48. The predicted octanol–water partition coefficient (Wildman–Crippen LogP) is 4.13. The van der Waals surface area contributed by atoms with Crippen molar-refractivity contribution in [2.45, 2.75) is 32.7 Å². The molecule has 0 aliphatic rings. The molecule has 17 heavy (non-hydrogen) atoms. The Hall–Kier alpha value is -1.28. The van der Waals surface area contributed by atoms with Gasteiger partial charge < -0.3 is 9.73 Å². The molecule has 1 heterocycles. The Morgan fingerprint density at radius 2 is 2.06 bits per heavy atom. The highest BCUT2D eigenvalue weighted by Crippen LogP contribution is 2.29. The molecule has 2 rings (SSSR count). The number of benzene rings is 1. The molecule has 0 bridgehead atoms. The highest BCUT2D eigenvalue weighted by atomic mass is 16.3. The van der Waals surface area contributed by atoms with Gasteiger partial charge in [0.05, 0.1) is 6.04 Å². The monoisotopic (exact) mass is 231 g/mol. The van der Waals surface area contributed by atoms with Crippen LogP contribution in [0.5, 0.6) is 0 Å². The fraction of sp³-hybridized carbons (Fsp3) is 0.467. The lowest BCUT2D eigenvalue weighted by Gasteiger charge is -2.20. The standard InChI is InChI=1S/C15H21NO/c1-4-7-11(2)15(16-3)14-10-12-8-5-6-9-13(12)17-14/h5-6,8-11,15-16H,4,7H2,1-3H3. The van der Waals surface area contributed by atoms with Gasteiger partial charge in [-0.05, 0) is 31.5 Å². The molecule has 1 aromatic heterocycles. The lowest BCUT2D eigenvalue weighted by atomic mass is 9.95. The first-order valence-corrected chi connectivity index (χ1v) is 6.42. The fourth-order valence-corrected chi connectivity index (χ4v) is 2.48. The number of para-hydroxylation sites is 1. The van der Waals surface area contributed by atoms with Crippen molar-refractivity contribution in [1.29, 1.82) is 0 Å². The number of hydrogen-bond acceptors (Lipinski definition) is 2. The van der Waals surface area contributed by atoms with E-state index in [0.717, 1.165) is 11.3 Å². The number of nitrogens with one attached hydrogen (secondary N) is 1. The first kappa shape index (κ1) is 12.2. The van der Waals surface area contributed by atoms with E-state index in [1.54, 1.807) is 0 Å². The number of rotatable bonds is 5. The van der Waals surface area contributed by atoms with Gasteiger partial charge in [-0.2, -0.15) is 0 Å². The SMILES string of the molecule is CCCC(C)C(NC)c1cc2ccccc2o1. The van der Waals surface area contributed by atoms with Crippen LogP contribution >= 0.6 is 0 Å². The molecule has 2 aromatic rings. The van der Waals surface area contributed by atoms with Crippen LogP contribution in [0.4, 0.5) is 0 Å². The van der Waals surface area contributed by atoms with Gasteiger partial charge in [0.15, 0.2) is 0 Å². The predicted molar refractivity (Wildman–Crippen MR) is 72.1 cm³/mol. The van der Waals surface area contributed by atoms with Crippen molar-refractivity contribution >= 4 is 11.0 Å². The molecule has 0 saturated carbocycles. The first-order valence-electron chi connectivity index (χ1n) is 6.42. The van der Waals surface area contributed by atoms with Crippen molar-refractivity contribution < 1.29 is 4.42 Å². The zero-order chi connectivity index (χ0) is 12.3. The van der Waals surface area contributed by atoms with Crippen LogP contribution in [0.1, 0.15) is 38.5 Å². The maximum absolute atomic E-state index is 5.93. The van der Waals surface area contributed by atoms with Gasteiger partial charge in [0.25, 0.3) is 0 Å². The summed E-state index contributed by atoms with van der Waals surface area (Å²) in [4.78, 5) is 0. The molecule has 2 atom stereocenters. The Balaban J connectivity index is 2.29. The largest absolute Gasteiger partial charge is 0.459 e. The smallest absolute Gasteiger partial charge is 0.134 e.